The van der Waals surface area contributed by atoms with Crippen LogP contribution < -0.4 is 0 Å². The molecule has 0 aromatic heterocycles. The minimum absolute atomic E-state index is 0.137. The molecule has 4 aromatic rings. The zero-order valence-corrected chi connectivity index (χ0v) is 22.7. The van der Waals surface area contributed by atoms with Gasteiger partial charge in [0, 0.05) is 31.7 Å². The van der Waals surface area contributed by atoms with Gasteiger partial charge in [-0.2, -0.15) is 5.26 Å². The molecule has 0 bridgehead atoms. The Kier molecular flexibility index (Phi) is 7.72. The lowest BCUT2D eigenvalue weighted by molar-refractivity contribution is 0.133. The van der Waals surface area contributed by atoms with Gasteiger partial charge in [-0.25, -0.2) is 4.67 Å². The predicted molar refractivity (Wildman–Crippen MR) is 150 cm³/mol. The second-order valence-corrected chi connectivity index (χ2v) is 11.8. The van der Waals surface area contributed by atoms with E-state index >= 15 is 0 Å². The van der Waals surface area contributed by atoms with Crippen molar-refractivity contribution in [3.8, 4) is 6.07 Å². The summed E-state index contributed by atoms with van der Waals surface area (Å²) in [6, 6.07) is 23.0. The molecule has 0 spiro atoms. The van der Waals surface area contributed by atoms with Gasteiger partial charge in [-0.05, 0) is 72.0 Å². The van der Waals surface area contributed by atoms with Crippen molar-refractivity contribution in [3.63, 3.8) is 0 Å². The van der Waals surface area contributed by atoms with Crippen molar-refractivity contribution >= 4 is 40.8 Å². The molecule has 0 aliphatic carbocycles. The molecule has 1 aliphatic heterocycles. The van der Waals surface area contributed by atoms with Gasteiger partial charge in [0.25, 0.3) is 8.53 Å². The Balaban J connectivity index is 1.33. The van der Waals surface area contributed by atoms with E-state index in [1.807, 2.05) is 0 Å². The lowest BCUT2D eigenvalue weighted by atomic mass is 9.92. The van der Waals surface area contributed by atoms with E-state index in [0.717, 1.165) is 26.1 Å². The van der Waals surface area contributed by atoms with E-state index in [2.05, 4.69) is 97.9 Å². The molecule has 188 valence electrons. The van der Waals surface area contributed by atoms with E-state index in [-0.39, 0.29) is 6.10 Å². The third-order valence-electron chi connectivity index (χ3n) is 7.14. The van der Waals surface area contributed by atoms with Gasteiger partial charge in [0.05, 0.1) is 25.2 Å². The highest BCUT2D eigenvalue weighted by atomic mass is 31.2. The van der Waals surface area contributed by atoms with Crippen LogP contribution in [0.2, 0.25) is 0 Å². The summed E-state index contributed by atoms with van der Waals surface area (Å²) in [7, 11) is -1.20. The smallest absolute Gasteiger partial charge is 0.259 e. The molecular formula is C30H36N3O2P. The Labute approximate surface area is 215 Å². The van der Waals surface area contributed by atoms with Gasteiger partial charge in [-0.3, -0.25) is 4.90 Å². The molecule has 6 heteroatoms. The standard InChI is InChI=1S/C30H36N3O2P/c1-21(2)33(22(3)4)36(34-18-6-16-31)35-27-15-17-32(20-27)19-26-12-11-25-10-9-23-7-5-8-24-13-14-28(26)30(25)29(23)24/h5,7-14,21-22,27H,6,15,17-20H2,1-4H3/t27-,36?/m0/s1. The van der Waals surface area contributed by atoms with Crippen LogP contribution in [0.4, 0.5) is 0 Å². The molecule has 2 atom stereocenters. The molecule has 36 heavy (non-hydrogen) atoms. The van der Waals surface area contributed by atoms with Crippen molar-refractivity contribution < 1.29 is 9.05 Å². The lowest BCUT2D eigenvalue weighted by Crippen LogP contribution is -2.35. The summed E-state index contributed by atoms with van der Waals surface area (Å²) >= 11 is 0. The number of rotatable bonds is 10. The number of benzene rings is 4. The first kappa shape index (κ1) is 25.3. The number of nitriles is 1. The highest BCUT2D eigenvalue weighted by Gasteiger charge is 2.33. The summed E-state index contributed by atoms with van der Waals surface area (Å²) in [5, 5.41) is 17.0. The summed E-state index contributed by atoms with van der Waals surface area (Å²) in [4.78, 5) is 2.51. The van der Waals surface area contributed by atoms with Gasteiger partial charge in [0.1, 0.15) is 0 Å². The molecular weight excluding hydrogens is 465 g/mol. The Morgan fingerprint density at radius 2 is 1.64 bits per heavy atom. The van der Waals surface area contributed by atoms with Crippen molar-refractivity contribution in [1.29, 1.82) is 5.26 Å². The van der Waals surface area contributed by atoms with Crippen LogP contribution in [0.1, 0.15) is 46.1 Å². The van der Waals surface area contributed by atoms with Gasteiger partial charge in [-0.15, -0.1) is 0 Å². The fourth-order valence-corrected chi connectivity index (χ4v) is 7.36. The van der Waals surface area contributed by atoms with Crippen molar-refractivity contribution in [2.75, 3.05) is 19.7 Å². The second kappa shape index (κ2) is 11.0. The highest BCUT2D eigenvalue weighted by molar-refractivity contribution is 7.44. The molecule has 1 heterocycles. The van der Waals surface area contributed by atoms with E-state index in [0.29, 0.717) is 25.1 Å². The molecule has 1 aliphatic rings. The molecule has 5 rings (SSSR count). The largest absolute Gasteiger partial charge is 0.321 e. The zero-order valence-electron chi connectivity index (χ0n) is 21.8. The summed E-state index contributed by atoms with van der Waals surface area (Å²) in [6.45, 7) is 12.0. The Morgan fingerprint density at radius 1 is 0.972 bits per heavy atom. The lowest BCUT2D eigenvalue weighted by Gasteiger charge is -2.36. The Bertz CT molecular complexity index is 1340. The number of nitrogens with zero attached hydrogens (tertiary/aromatic N) is 3. The average molecular weight is 502 g/mol. The summed E-state index contributed by atoms with van der Waals surface area (Å²) in [6.07, 6.45) is 1.52. The summed E-state index contributed by atoms with van der Waals surface area (Å²) < 4.78 is 15.1. The van der Waals surface area contributed by atoms with Gasteiger partial charge in [0.2, 0.25) is 0 Å². The quantitative estimate of drug-likeness (QED) is 0.128. The Hall–Kier alpha value is -2.32. The first-order valence-corrected chi connectivity index (χ1v) is 14.2. The fourth-order valence-electron chi connectivity index (χ4n) is 5.62. The summed E-state index contributed by atoms with van der Waals surface area (Å²) in [5.74, 6) is 0. The normalized spacial score (nSPS) is 17.9. The highest BCUT2D eigenvalue weighted by Crippen LogP contribution is 2.48. The van der Waals surface area contributed by atoms with Gasteiger partial charge in [0.15, 0.2) is 0 Å². The maximum Gasteiger partial charge on any atom is 0.259 e. The van der Waals surface area contributed by atoms with Crippen molar-refractivity contribution in [3.05, 3.63) is 60.2 Å². The minimum atomic E-state index is -1.20. The van der Waals surface area contributed by atoms with Crippen LogP contribution in [-0.4, -0.2) is 47.5 Å². The van der Waals surface area contributed by atoms with E-state index < -0.39 is 8.53 Å². The van der Waals surface area contributed by atoms with Gasteiger partial charge >= 0.3 is 0 Å². The third-order valence-corrected chi connectivity index (χ3v) is 9.33. The zero-order chi connectivity index (χ0) is 25.2. The maximum absolute atomic E-state index is 8.98. The second-order valence-electron chi connectivity index (χ2n) is 10.4. The van der Waals surface area contributed by atoms with Crippen LogP contribution in [0.5, 0.6) is 0 Å². The van der Waals surface area contributed by atoms with Crippen molar-refractivity contribution in [1.82, 2.24) is 9.57 Å². The first-order chi connectivity index (χ1) is 17.5. The minimum Gasteiger partial charge on any atom is -0.321 e. The molecule has 1 fully saturated rings. The molecule has 1 unspecified atom stereocenters. The van der Waals surface area contributed by atoms with Gasteiger partial charge in [-0.1, -0.05) is 54.6 Å². The van der Waals surface area contributed by atoms with E-state index in [1.165, 1.54) is 37.9 Å². The number of likely N-dealkylation sites (tertiary alicyclic amines) is 1. The van der Waals surface area contributed by atoms with Crippen molar-refractivity contribution in [2.24, 2.45) is 0 Å². The topological polar surface area (TPSA) is 48.7 Å². The monoisotopic (exact) mass is 501 g/mol. The van der Waals surface area contributed by atoms with Crippen molar-refractivity contribution in [2.45, 2.75) is 65.3 Å². The molecule has 0 amide bonds. The van der Waals surface area contributed by atoms with Crippen LogP contribution >= 0.6 is 8.53 Å². The molecule has 0 saturated carbocycles. The fraction of sp³-hybridized carbons (Fsp3) is 0.433. The van der Waals surface area contributed by atoms with E-state index in [1.54, 1.807) is 0 Å². The van der Waals surface area contributed by atoms with E-state index in [9.17, 15) is 0 Å². The molecule has 0 N–H and O–H groups in total. The Morgan fingerprint density at radius 3 is 2.33 bits per heavy atom. The maximum atomic E-state index is 8.98. The molecule has 4 aromatic carbocycles. The van der Waals surface area contributed by atoms with Crippen LogP contribution in [-0.2, 0) is 15.6 Å². The SMILES string of the molecule is CC(C)N(C(C)C)P(OCCC#N)O[C@H]1CCN(Cc2ccc3ccc4cccc5ccc2c3c45)C1. The first-order valence-electron chi connectivity index (χ1n) is 13.1. The summed E-state index contributed by atoms with van der Waals surface area (Å²) in [5.41, 5.74) is 1.37. The number of hydrogen-bond donors (Lipinski definition) is 0. The molecule has 1 saturated heterocycles. The average Bonchev–Trinajstić information content (AvgIpc) is 3.29. The predicted octanol–water partition coefficient (Wildman–Crippen LogP) is 7.45. The third kappa shape index (κ3) is 5.07. The van der Waals surface area contributed by atoms with Gasteiger partial charge < -0.3 is 9.05 Å². The number of hydrogen-bond acceptors (Lipinski definition) is 5. The van der Waals surface area contributed by atoms with E-state index in [4.69, 9.17) is 14.3 Å². The van der Waals surface area contributed by atoms with Crippen LogP contribution in [0.15, 0.2) is 54.6 Å². The molecule has 5 nitrogen and oxygen atoms in total. The molecule has 0 radical (unpaired) electrons. The van der Waals surface area contributed by atoms with Crippen LogP contribution in [0.3, 0.4) is 0 Å². The van der Waals surface area contributed by atoms with Crippen LogP contribution in [0, 0.1) is 11.3 Å². The van der Waals surface area contributed by atoms with Crippen LogP contribution in [0.25, 0.3) is 32.3 Å².